The molecule has 0 radical (unpaired) electrons. The monoisotopic (exact) mass is 405 g/mol. The molecule has 0 saturated carbocycles. The van der Waals surface area contributed by atoms with Gasteiger partial charge >= 0.3 is 0 Å². The number of amides is 1. The summed E-state index contributed by atoms with van der Waals surface area (Å²) in [5.41, 5.74) is 4.35. The molecule has 6 nitrogen and oxygen atoms in total. The van der Waals surface area contributed by atoms with Crippen LogP contribution in [0.5, 0.6) is 5.75 Å². The van der Waals surface area contributed by atoms with Crippen LogP contribution in [0.25, 0.3) is 0 Å². The van der Waals surface area contributed by atoms with Gasteiger partial charge in [0.1, 0.15) is 18.1 Å². The van der Waals surface area contributed by atoms with Gasteiger partial charge in [0.2, 0.25) is 0 Å². The maximum atomic E-state index is 12.7. The fourth-order valence-corrected chi connectivity index (χ4v) is 3.69. The zero-order valence-corrected chi connectivity index (χ0v) is 17.5. The second-order valence-corrected chi connectivity index (χ2v) is 7.75. The molecular weight excluding hydrogens is 378 g/mol. The molecule has 2 heterocycles. The second-order valence-electron chi connectivity index (χ2n) is 7.75. The first-order valence-corrected chi connectivity index (χ1v) is 10.4. The summed E-state index contributed by atoms with van der Waals surface area (Å²) < 4.78 is 11.0. The molecule has 0 aliphatic carbocycles. The maximum Gasteiger partial charge on any atom is 0.255 e. The summed E-state index contributed by atoms with van der Waals surface area (Å²) in [4.78, 5) is 15.1. The molecule has 2 aromatic carbocycles. The van der Waals surface area contributed by atoms with Gasteiger partial charge < -0.3 is 14.6 Å². The lowest BCUT2D eigenvalue weighted by Gasteiger charge is -2.15. The van der Waals surface area contributed by atoms with Crippen molar-refractivity contribution in [2.45, 2.75) is 39.8 Å². The van der Waals surface area contributed by atoms with Crippen LogP contribution in [0.2, 0.25) is 0 Å². The number of rotatable bonds is 7. The molecule has 3 aromatic rings. The van der Waals surface area contributed by atoms with Crippen molar-refractivity contribution in [2.75, 3.05) is 18.4 Å². The van der Waals surface area contributed by atoms with E-state index < -0.39 is 0 Å². The van der Waals surface area contributed by atoms with Crippen LogP contribution in [0.3, 0.4) is 0 Å². The normalized spacial score (nSPS) is 14.1. The zero-order chi connectivity index (χ0) is 20.9. The van der Waals surface area contributed by atoms with Gasteiger partial charge in [0, 0.05) is 17.8 Å². The number of ether oxygens (including phenoxy) is 1. The van der Waals surface area contributed by atoms with E-state index in [1.807, 2.05) is 38.1 Å². The van der Waals surface area contributed by atoms with E-state index in [2.05, 4.69) is 27.5 Å². The number of hydrogen-bond donors (Lipinski definition) is 1. The molecule has 1 aliphatic rings. The average molecular weight is 405 g/mol. The largest absolute Gasteiger partial charge is 0.489 e. The Morgan fingerprint density at radius 2 is 1.90 bits per heavy atom. The molecule has 0 bridgehead atoms. The first-order chi connectivity index (χ1) is 14.6. The van der Waals surface area contributed by atoms with E-state index in [-0.39, 0.29) is 5.91 Å². The number of aromatic nitrogens is 1. The highest BCUT2D eigenvalue weighted by Crippen LogP contribution is 2.20. The molecule has 1 saturated heterocycles. The summed E-state index contributed by atoms with van der Waals surface area (Å²) in [5.74, 6) is 1.21. The van der Waals surface area contributed by atoms with Crippen molar-refractivity contribution in [3.63, 3.8) is 0 Å². The Hall–Kier alpha value is -3.12. The second kappa shape index (κ2) is 9.13. The Morgan fingerprint density at radius 3 is 2.60 bits per heavy atom. The number of aryl methyl sites for hydroxylation is 2. The topological polar surface area (TPSA) is 67.6 Å². The van der Waals surface area contributed by atoms with Gasteiger partial charge in [0.05, 0.1) is 11.3 Å². The van der Waals surface area contributed by atoms with E-state index in [0.717, 1.165) is 29.2 Å². The van der Waals surface area contributed by atoms with Gasteiger partial charge in [-0.2, -0.15) is 0 Å². The van der Waals surface area contributed by atoms with E-state index in [1.54, 1.807) is 12.1 Å². The molecule has 0 unspecified atom stereocenters. The minimum Gasteiger partial charge on any atom is -0.489 e. The summed E-state index contributed by atoms with van der Waals surface area (Å²) in [7, 11) is 0. The Morgan fingerprint density at radius 1 is 1.13 bits per heavy atom. The van der Waals surface area contributed by atoms with Crippen molar-refractivity contribution >= 4 is 11.6 Å². The first-order valence-electron chi connectivity index (χ1n) is 10.4. The van der Waals surface area contributed by atoms with Crippen LogP contribution in [0.4, 0.5) is 5.69 Å². The molecule has 6 heteroatoms. The number of benzene rings is 2. The molecule has 156 valence electrons. The van der Waals surface area contributed by atoms with Gasteiger partial charge in [-0.1, -0.05) is 23.4 Å². The number of nitrogens with one attached hydrogen (secondary N) is 1. The molecule has 30 heavy (non-hydrogen) atoms. The smallest absolute Gasteiger partial charge is 0.255 e. The van der Waals surface area contributed by atoms with E-state index in [0.29, 0.717) is 17.9 Å². The van der Waals surface area contributed by atoms with Crippen LogP contribution in [-0.4, -0.2) is 29.1 Å². The van der Waals surface area contributed by atoms with Crippen LogP contribution in [-0.2, 0) is 13.2 Å². The molecule has 0 atom stereocenters. The quantitative estimate of drug-likeness (QED) is 0.616. The minimum absolute atomic E-state index is 0.162. The fourth-order valence-electron chi connectivity index (χ4n) is 3.69. The zero-order valence-electron chi connectivity index (χ0n) is 17.5. The molecule has 1 aliphatic heterocycles. The lowest BCUT2D eigenvalue weighted by Crippen LogP contribution is -2.18. The Labute approximate surface area is 176 Å². The highest BCUT2D eigenvalue weighted by atomic mass is 16.5. The van der Waals surface area contributed by atoms with Crippen LogP contribution >= 0.6 is 0 Å². The number of nitrogens with zero attached hydrogens (tertiary/aromatic N) is 2. The lowest BCUT2D eigenvalue weighted by atomic mass is 10.1. The third kappa shape index (κ3) is 4.89. The van der Waals surface area contributed by atoms with Gasteiger partial charge in [-0.05, 0) is 75.7 Å². The lowest BCUT2D eigenvalue weighted by molar-refractivity contribution is 0.102. The summed E-state index contributed by atoms with van der Waals surface area (Å²) in [5, 5.41) is 6.89. The van der Waals surface area contributed by atoms with Gasteiger partial charge in [0.15, 0.2) is 0 Å². The van der Waals surface area contributed by atoms with E-state index in [4.69, 9.17) is 9.26 Å². The molecule has 1 fully saturated rings. The highest BCUT2D eigenvalue weighted by molar-refractivity contribution is 6.04. The van der Waals surface area contributed by atoms with Crippen LogP contribution in [0, 0.1) is 13.8 Å². The SMILES string of the molecule is Cc1noc(C)c1COc1cccc(C(=O)Nc2ccc(CN3CCCC3)cc2)c1. The van der Waals surface area contributed by atoms with Crippen molar-refractivity contribution in [3.8, 4) is 5.75 Å². The van der Waals surface area contributed by atoms with E-state index >= 15 is 0 Å². The predicted octanol–water partition coefficient (Wildman–Crippen LogP) is 4.72. The van der Waals surface area contributed by atoms with Gasteiger partial charge in [-0.25, -0.2) is 0 Å². The summed E-state index contributed by atoms with van der Waals surface area (Å²) in [6.07, 6.45) is 2.57. The molecule has 4 rings (SSSR count). The fraction of sp³-hybridized carbons (Fsp3) is 0.333. The number of anilines is 1. The summed E-state index contributed by atoms with van der Waals surface area (Å²) >= 11 is 0. The maximum absolute atomic E-state index is 12.7. The third-order valence-electron chi connectivity index (χ3n) is 5.48. The van der Waals surface area contributed by atoms with E-state index in [9.17, 15) is 4.79 Å². The van der Waals surface area contributed by atoms with E-state index in [1.165, 1.54) is 31.5 Å². The van der Waals surface area contributed by atoms with Gasteiger partial charge in [-0.3, -0.25) is 9.69 Å². The first kappa shape index (κ1) is 20.2. The van der Waals surface area contributed by atoms with Crippen molar-refractivity contribution in [1.29, 1.82) is 0 Å². The molecule has 1 aromatic heterocycles. The Kier molecular flexibility index (Phi) is 6.14. The van der Waals surface area contributed by atoms with Gasteiger partial charge in [0.25, 0.3) is 5.91 Å². The van der Waals surface area contributed by atoms with Crippen LogP contribution in [0.1, 0.15) is 45.8 Å². The molecular formula is C24H27N3O3. The average Bonchev–Trinajstić information content (AvgIpc) is 3.38. The number of carbonyl (C=O) groups excluding carboxylic acids is 1. The third-order valence-corrected chi connectivity index (χ3v) is 5.48. The molecule has 1 N–H and O–H groups in total. The number of carbonyl (C=O) groups is 1. The van der Waals surface area contributed by atoms with Crippen LogP contribution < -0.4 is 10.1 Å². The highest BCUT2D eigenvalue weighted by Gasteiger charge is 2.13. The number of hydrogen-bond acceptors (Lipinski definition) is 5. The van der Waals surface area contributed by atoms with Gasteiger partial charge in [-0.15, -0.1) is 0 Å². The van der Waals surface area contributed by atoms with Crippen LogP contribution in [0.15, 0.2) is 53.1 Å². The minimum atomic E-state index is -0.162. The Balaban J connectivity index is 1.35. The molecule has 0 spiro atoms. The van der Waals surface area contributed by atoms with Crippen molar-refractivity contribution in [1.82, 2.24) is 10.1 Å². The Bertz CT molecular complexity index is 985. The summed E-state index contributed by atoms with van der Waals surface area (Å²) in [6, 6.07) is 15.3. The number of likely N-dealkylation sites (tertiary alicyclic amines) is 1. The van der Waals surface area contributed by atoms with Crippen molar-refractivity contribution < 1.29 is 14.1 Å². The van der Waals surface area contributed by atoms with Crippen molar-refractivity contribution in [3.05, 3.63) is 76.7 Å². The standard InChI is InChI=1S/C24H27N3O3/c1-17-23(18(2)30-26-17)16-29-22-7-5-6-20(14-22)24(28)25-21-10-8-19(9-11-21)15-27-12-3-4-13-27/h5-11,14H,3-4,12-13,15-16H2,1-2H3,(H,25,28). The summed E-state index contributed by atoms with van der Waals surface area (Å²) in [6.45, 7) is 7.41. The van der Waals surface area contributed by atoms with Crippen molar-refractivity contribution in [2.24, 2.45) is 0 Å². The predicted molar refractivity (Wildman–Crippen MR) is 116 cm³/mol. The molecule has 1 amide bonds.